The molecule has 1 aromatic heterocycles. The topological polar surface area (TPSA) is 70.4 Å². The van der Waals surface area contributed by atoms with Crippen LogP contribution in [0.3, 0.4) is 0 Å². The summed E-state index contributed by atoms with van der Waals surface area (Å²) < 4.78 is 0. The average Bonchev–Trinajstić information content (AvgIpc) is 2.13. The van der Waals surface area contributed by atoms with Gasteiger partial charge >= 0.3 is 5.97 Å². The second kappa shape index (κ2) is 2.26. The van der Waals surface area contributed by atoms with Crippen LogP contribution in [0.1, 0.15) is 14.7 Å². The van der Waals surface area contributed by atoms with Crippen molar-refractivity contribution in [2.45, 2.75) is 6.92 Å². The number of carbonyl (C=O) groups is 1. The van der Waals surface area contributed by atoms with Gasteiger partial charge in [0.05, 0.1) is 4.88 Å². The quantitative estimate of drug-likeness (QED) is 0.637. The van der Waals surface area contributed by atoms with E-state index in [4.69, 9.17) is 10.2 Å². The zero-order valence-electron chi connectivity index (χ0n) is 5.16. The molecule has 0 aliphatic heterocycles. The van der Waals surface area contributed by atoms with Crippen molar-refractivity contribution >= 4 is 17.3 Å². The number of hydrogen-bond acceptors (Lipinski definition) is 4. The van der Waals surface area contributed by atoms with Crippen molar-refractivity contribution in [3.8, 4) is 5.88 Å². The van der Waals surface area contributed by atoms with E-state index in [2.05, 4.69) is 4.98 Å². The summed E-state index contributed by atoms with van der Waals surface area (Å²) in [5, 5.41) is 17.1. The molecule has 0 fully saturated rings. The van der Waals surface area contributed by atoms with Gasteiger partial charge in [0.1, 0.15) is 0 Å². The zero-order chi connectivity index (χ0) is 7.72. The van der Waals surface area contributed by atoms with E-state index in [0.717, 1.165) is 11.3 Å². The molecule has 4 nitrogen and oxygen atoms in total. The molecule has 1 aromatic rings. The van der Waals surface area contributed by atoms with Crippen LogP contribution in [0, 0.1) is 6.92 Å². The molecule has 1 rings (SSSR count). The fourth-order valence-electron chi connectivity index (χ4n) is 0.480. The minimum absolute atomic E-state index is 0.0741. The number of aromatic carboxylic acids is 1. The number of aryl methyl sites for hydroxylation is 1. The standard InChI is InChI=1S/C5H5NO3S/c1-2-3(7)6-4(10-2)5(8)9/h7H,1H3,(H,8,9). The molecule has 0 aliphatic rings. The van der Waals surface area contributed by atoms with Gasteiger partial charge in [-0.2, -0.15) is 4.98 Å². The van der Waals surface area contributed by atoms with Crippen molar-refractivity contribution in [1.29, 1.82) is 0 Å². The molecule has 0 aromatic carbocycles. The number of nitrogens with zero attached hydrogens (tertiary/aromatic N) is 1. The summed E-state index contributed by atoms with van der Waals surface area (Å²) in [6.07, 6.45) is 0. The predicted octanol–water partition coefficient (Wildman–Crippen LogP) is 0.855. The molecule has 5 heteroatoms. The Morgan fingerprint density at radius 1 is 1.70 bits per heavy atom. The zero-order valence-corrected chi connectivity index (χ0v) is 5.97. The van der Waals surface area contributed by atoms with Crippen LogP contribution in [0.4, 0.5) is 0 Å². The number of hydrogen-bond donors (Lipinski definition) is 2. The van der Waals surface area contributed by atoms with E-state index in [1.54, 1.807) is 6.92 Å². The van der Waals surface area contributed by atoms with Gasteiger partial charge < -0.3 is 10.2 Å². The molecule has 0 amide bonds. The van der Waals surface area contributed by atoms with Crippen molar-refractivity contribution in [2.75, 3.05) is 0 Å². The van der Waals surface area contributed by atoms with Crippen LogP contribution in [0.15, 0.2) is 0 Å². The summed E-state index contributed by atoms with van der Waals surface area (Å²) in [6.45, 7) is 1.61. The third kappa shape index (κ3) is 1.08. The monoisotopic (exact) mass is 159 g/mol. The Bertz CT molecular complexity index is 248. The van der Waals surface area contributed by atoms with Crippen LogP contribution in [0.25, 0.3) is 0 Å². The first-order valence-corrected chi connectivity index (χ1v) is 3.32. The fourth-order valence-corrected chi connectivity index (χ4v) is 1.13. The Balaban J connectivity index is 3.10. The maximum atomic E-state index is 10.2. The summed E-state index contributed by atoms with van der Waals surface area (Å²) in [5.41, 5.74) is 0. The average molecular weight is 159 g/mol. The number of aromatic hydroxyl groups is 1. The van der Waals surface area contributed by atoms with Gasteiger partial charge in [-0.15, -0.1) is 11.3 Å². The van der Waals surface area contributed by atoms with Crippen molar-refractivity contribution in [3.05, 3.63) is 9.88 Å². The molecule has 10 heavy (non-hydrogen) atoms. The summed E-state index contributed by atoms with van der Waals surface area (Å²) >= 11 is 0.962. The largest absolute Gasteiger partial charge is 0.492 e. The summed E-state index contributed by atoms with van der Waals surface area (Å²) in [5.74, 6) is -1.30. The van der Waals surface area contributed by atoms with Gasteiger partial charge in [-0.3, -0.25) is 0 Å². The first kappa shape index (κ1) is 7.01. The number of aromatic nitrogens is 1. The molecular formula is C5H5NO3S. The maximum absolute atomic E-state index is 10.2. The van der Waals surface area contributed by atoms with Crippen molar-refractivity contribution in [1.82, 2.24) is 4.98 Å². The molecule has 0 radical (unpaired) electrons. The van der Waals surface area contributed by atoms with E-state index in [1.165, 1.54) is 0 Å². The van der Waals surface area contributed by atoms with Crippen molar-refractivity contribution < 1.29 is 15.0 Å². The van der Waals surface area contributed by atoms with Crippen LogP contribution in [-0.4, -0.2) is 21.2 Å². The molecule has 1 heterocycles. The number of carboxylic acids is 1. The van der Waals surface area contributed by atoms with Crippen LogP contribution >= 0.6 is 11.3 Å². The van der Waals surface area contributed by atoms with Gasteiger partial charge in [0.25, 0.3) is 0 Å². The third-order valence-electron chi connectivity index (χ3n) is 0.955. The Kier molecular flexibility index (Phi) is 1.58. The fraction of sp³-hybridized carbons (Fsp3) is 0.200. The lowest BCUT2D eigenvalue weighted by atomic mass is 10.6. The smallest absolute Gasteiger partial charge is 0.365 e. The lowest BCUT2D eigenvalue weighted by Crippen LogP contribution is -1.92. The first-order valence-electron chi connectivity index (χ1n) is 2.51. The van der Waals surface area contributed by atoms with Gasteiger partial charge in [-0.25, -0.2) is 4.79 Å². The molecule has 0 bridgehead atoms. The summed E-state index contributed by atoms with van der Waals surface area (Å²) in [4.78, 5) is 14.1. The molecule has 0 unspecified atom stereocenters. The highest BCUT2D eigenvalue weighted by atomic mass is 32.1. The van der Waals surface area contributed by atoms with Gasteiger partial charge in [0.2, 0.25) is 10.9 Å². The van der Waals surface area contributed by atoms with Gasteiger partial charge in [0.15, 0.2) is 0 Å². The lowest BCUT2D eigenvalue weighted by molar-refractivity contribution is 0.0695. The SMILES string of the molecule is Cc1sc(C(=O)O)nc1O. The van der Waals surface area contributed by atoms with Crippen LogP contribution in [0.5, 0.6) is 5.88 Å². The van der Waals surface area contributed by atoms with Crippen LogP contribution in [-0.2, 0) is 0 Å². The van der Waals surface area contributed by atoms with E-state index in [1.807, 2.05) is 0 Å². The first-order chi connectivity index (χ1) is 4.61. The molecule has 0 saturated heterocycles. The minimum atomic E-state index is -1.10. The molecule has 0 spiro atoms. The van der Waals surface area contributed by atoms with E-state index in [9.17, 15) is 4.79 Å². The molecule has 54 valence electrons. The third-order valence-corrected chi connectivity index (χ3v) is 1.90. The Morgan fingerprint density at radius 3 is 2.50 bits per heavy atom. The molecule has 0 saturated carbocycles. The number of rotatable bonds is 1. The highest BCUT2D eigenvalue weighted by molar-refractivity contribution is 7.13. The van der Waals surface area contributed by atoms with Gasteiger partial charge in [0, 0.05) is 0 Å². The second-order valence-electron chi connectivity index (χ2n) is 1.70. The van der Waals surface area contributed by atoms with Crippen molar-refractivity contribution in [2.24, 2.45) is 0 Å². The predicted molar refractivity (Wildman–Crippen MR) is 35.5 cm³/mol. The number of thiazole rings is 1. The van der Waals surface area contributed by atoms with E-state index < -0.39 is 5.97 Å². The summed E-state index contributed by atoms with van der Waals surface area (Å²) in [6, 6.07) is 0. The normalized spacial score (nSPS) is 9.70. The molecule has 0 aliphatic carbocycles. The maximum Gasteiger partial charge on any atom is 0.365 e. The van der Waals surface area contributed by atoms with E-state index in [0.29, 0.717) is 4.88 Å². The lowest BCUT2D eigenvalue weighted by Gasteiger charge is -1.78. The Labute approximate surface area is 60.8 Å². The highest BCUT2D eigenvalue weighted by Crippen LogP contribution is 2.21. The molecule has 2 N–H and O–H groups in total. The number of carboxylic acid groups (broad SMARTS) is 1. The van der Waals surface area contributed by atoms with Crippen molar-refractivity contribution in [3.63, 3.8) is 0 Å². The van der Waals surface area contributed by atoms with Crippen LogP contribution in [0.2, 0.25) is 0 Å². The Hall–Kier alpha value is -1.10. The minimum Gasteiger partial charge on any atom is -0.492 e. The highest BCUT2D eigenvalue weighted by Gasteiger charge is 2.11. The summed E-state index contributed by atoms with van der Waals surface area (Å²) in [7, 11) is 0. The second-order valence-corrected chi connectivity index (χ2v) is 2.91. The van der Waals surface area contributed by atoms with Gasteiger partial charge in [-0.1, -0.05) is 0 Å². The van der Waals surface area contributed by atoms with E-state index >= 15 is 0 Å². The van der Waals surface area contributed by atoms with Gasteiger partial charge in [-0.05, 0) is 6.92 Å². The molecular weight excluding hydrogens is 154 g/mol. The van der Waals surface area contributed by atoms with E-state index in [-0.39, 0.29) is 10.9 Å². The molecule has 0 atom stereocenters. The Morgan fingerprint density at radius 2 is 2.30 bits per heavy atom. The van der Waals surface area contributed by atoms with Crippen LogP contribution < -0.4 is 0 Å².